The number of halogens is 1. The van der Waals surface area contributed by atoms with Gasteiger partial charge in [-0.3, -0.25) is 14.6 Å². The van der Waals surface area contributed by atoms with E-state index in [1.807, 2.05) is 6.92 Å². The van der Waals surface area contributed by atoms with Crippen LogP contribution in [-0.4, -0.2) is 73.4 Å². The van der Waals surface area contributed by atoms with Crippen molar-refractivity contribution in [3.8, 4) is 0 Å². The number of carbonyl (C=O) groups is 2. The maximum atomic E-state index is 13.6. The predicted octanol–water partition coefficient (Wildman–Crippen LogP) is 1.88. The maximum absolute atomic E-state index is 13.6. The number of nitrogens with zero attached hydrogens (tertiary/aromatic N) is 3. The molecule has 1 fully saturated rings. The van der Waals surface area contributed by atoms with E-state index in [1.54, 1.807) is 36.1 Å². The minimum atomic E-state index is -0.398. The Balaban J connectivity index is 1.49. The SMILES string of the molecule is CCNC(=NCCNC(=O)c1ccc(C)c(F)c1)N1CCN(C(=O)c2ccco2)CC1. The summed E-state index contributed by atoms with van der Waals surface area (Å²) in [6.45, 7) is 7.49. The van der Waals surface area contributed by atoms with Crippen LogP contribution in [0.5, 0.6) is 0 Å². The van der Waals surface area contributed by atoms with Gasteiger partial charge in [-0.05, 0) is 43.7 Å². The van der Waals surface area contributed by atoms with Crippen LogP contribution in [0.25, 0.3) is 0 Å². The van der Waals surface area contributed by atoms with Crippen molar-refractivity contribution < 1.29 is 18.4 Å². The molecule has 1 aromatic heterocycles. The highest BCUT2D eigenvalue weighted by molar-refractivity contribution is 5.94. The van der Waals surface area contributed by atoms with Crippen LogP contribution in [-0.2, 0) is 0 Å². The van der Waals surface area contributed by atoms with E-state index < -0.39 is 5.82 Å². The van der Waals surface area contributed by atoms with Gasteiger partial charge in [-0.1, -0.05) is 6.07 Å². The van der Waals surface area contributed by atoms with E-state index >= 15 is 0 Å². The Kier molecular flexibility index (Phi) is 7.64. The lowest BCUT2D eigenvalue weighted by atomic mass is 10.1. The first-order valence-electron chi connectivity index (χ1n) is 10.4. The summed E-state index contributed by atoms with van der Waals surface area (Å²) in [6.07, 6.45) is 1.49. The van der Waals surface area contributed by atoms with Gasteiger partial charge in [0.25, 0.3) is 11.8 Å². The second-order valence-corrected chi connectivity index (χ2v) is 7.21. The minimum Gasteiger partial charge on any atom is -0.459 e. The van der Waals surface area contributed by atoms with Crippen molar-refractivity contribution in [1.82, 2.24) is 20.4 Å². The molecule has 0 aliphatic carbocycles. The summed E-state index contributed by atoms with van der Waals surface area (Å²) in [7, 11) is 0. The zero-order valence-corrected chi connectivity index (χ0v) is 17.9. The monoisotopic (exact) mass is 429 g/mol. The van der Waals surface area contributed by atoms with Crippen molar-refractivity contribution in [2.75, 3.05) is 45.8 Å². The Hall–Kier alpha value is -3.36. The van der Waals surface area contributed by atoms with Gasteiger partial charge in [0.05, 0.1) is 12.8 Å². The van der Waals surface area contributed by atoms with E-state index in [-0.39, 0.29) is 17.4 Å². The van der Waals surface area contributed by atoms with Crippen LogP contribution in [0.3, 0.4) is 0 Å². The van der Waals surface area contributed by atoms with Gasteiger partial charge in [0.2, 0.25) is 0 Å². The lowest BCUT2D eigenvalue weighted by molar-refractivity contribution is 0.0657. The molecule has 31 heavy (non-hydrogen) atoms. The lowest BCUT2D eigenvalue weighted by Crippen LogP contribution is -2.53. The van der Waals surface area contributed by atoms with Crippen molar-refractivity contribution in [1.29, 1.82) is 0 Å². The van der Waals surface area contributed by atoms with E-state index in [4.69, 9.17) is 4.42 Å². The van der Waals surface area contributed by atoms with E-state index in [1.165, 1.54) is 12.3 Å². The molecular formula is C22H28FN5O3. The van der Waals surface area contributed by atoms with Crippen LogP contribution in [0.1, 0.15) is 33.4 Å². The smallest absolute Gasteiger partial charge is 0.289 e. The number of hydrogen-bond acceptors (Lipinski definition) is 4. The van der Waals surface area contributed by atoms with Gasteiger partial charge in [0, 0.05) is 44.8 Å². The van der Waals surface area contributed by atoms with E-state index in [0.717, 1.165) is 5.96 Å². The molecule has 0 saturated carbocycles. The molecule has 0 spiro atoms. The number of hydrogen-bond donors (Lipinski definition) is 2. The molecule has 0 radical (unpaired) electrons. The number of nitrogens with one attached hydrogen (secondary N) is 2. The number of aliphatic imine (C=N–C) groups is 1. The Morgan fingerprint density at radius 2 is 1.87 bits per heavy atom. The number of amides is 2. The Morgan fingerprint density at radius 1 is 1.13 bits per heavy atom. The van der Waals surface area contributed by atoms with Crippen LogP contribution >= 0.6 is 0 Å². The van der Waals surface area contributed by atoms with Gasteiger partial charge in [-0.15, -0.1) is 0 Å². The number of guanidine groups is 1. The van der Waals surface area contributed by atoms with Crippen molar-refractivity contribution in [2.24, 2.45) is 4.99 Å². The number of furan rings is 1. The predicted molar refractivity (Wildman–Crippen MR) is 116 cm³/mol. The van der Waals surface area contributed by atoms with Gasteiger partial charge in [0.15, 0.2) is 11.7 Å². The third-order valence-corrected chi connectivity index (χ3v) is 5.03. The minimum absolute atomic E-state index is 0.109. The molecular weight excluding hydrogens is 401 g/mol. The molecule has 1 aliphatic rings. The van der Waals surface area contributed by atoms with Crippen molar-refractivity contribution in [3.05, 3.63) is 59.3 Å². The molecule has 1 aromatic carbocycles. The number of aryl methyl sites for hydroxylation is 1. The molecule has 0 atom stereocenters. The molecule has 2 amide bonds. The molecule has 2 aromatic rings. The summed E-state index contributed by atoms with van der Waals surface area (Å²) in [5.74, 6) is 0.247. The Morgan fingerprint density at radius 3 is 2.52 bits per heavy atom. The first-order chi connectivity index (χ1) is 15.0. The highest BCUT2D eigenvalue weighted by Gasteiger charge is 2.25. The summed E-state index contributed by atoms with van der Waals surface area (Å²) in [4.78, 5) is 33.0. The summed E-state index contributed by atoms with van der Waals surface area (Å²) >= 11 is 0. The first-order valence-corrected chi connectivity index (χ1v) is 10.4. The fourth-order valence-electron chi connectivity index (χ4n) is 3.27. The van der Waals surface area contributed by atoms with Crippen molar-refractivity contribution in [2.45, 2.75) is 13.8 Å². The molecule has 3 rings (SSSR count). The molecule has 2 heterocycles. The fraction of sp³-hybridized carbons (Fsp3) is 0.409. The summed E-state index contributed by atoms with van der Waals surface area (Å²) < 4.78 is 18.8. The average Bonchev–Trinajstić information content (AvgIpc) is 3.32. The summed E-state index contributed by atoms with van der Waals surface area (Å²) in [5.41, 5.74) is 0.790. The second kappa shape index (κ2) is 10.6. The lowest BCUT2D eigenvalue weighted by Gasteiger charge is -2.36. The van der Waals surface area contributed by atoms with Crippen LogP contribution in [0.15, 0.2) is 46.0 Å². The van der Waals surface area contributed by atoms with Gasteiger partial charge in [-0.2, -0.15) is 0 Å². The fourth-order valence-corrected chi connectivity index (χ4v) is 3.27. The molecule has 0 bridgehead atoms. The molecule has 2 N–H and O–H groups in total. The molecule has 1 aliphatic heterocycles. The van der Waals surface area contributed by atoms with Crippen LogP contribution < -0.4 is 10.6 Å². The number of carbonyl (C=O) groups excluding carboxylic acids is 2. The maximum Gasteiger partial charge on any atom is 0.289 e. The van der Waals surface area contributed by atoms with Crippen LogP contribution in [0.4, 0.5) is 4.39 Å². The van der Waals surface area contributed by atoms with Crippen LogP contribution in [0, 0.1) is 12.7 Å². The highest BCUT2D eigenvalue weighted by atomic mass is 19.1. The Bertz CT molecular complexity index is 921. The zero-order chi connectivity index (χ0) is 22.2. The normalized spacial score (nSPS) is 14.5. The summed E-state index contributed by atoms with van der Waals surface area (Å²) in [6, 6.07) is 7.79. The summed E-state index contributed by atoms with van der Waals surface area (Å²) in [5, 5.41) is 6.01. The van der Waals surface area contributed by atoms with Crippen molar-refractivity contribution >= 4 is 17.8 Å². The van der Waals surface area contributed by atoms with E-state index in [2.05, 4.69) is 20.5 Å². The number of piperazine rings is 1. The van der Waals surface area contributed by atoms with E-state index in [0.29, 0.717) is 57.1 Å². The molecule has 0 unspecified atom stereocenters. The zero-order valence-electron chi connectivity index (χ0n) is 17.9. The van der Waals surface area contributed by atoms with Gasteiger partial charge in [-0.25, -0.2) is 4.39 Å². The number of rotatable bonds is 6. The third kappa shape index (κ3) is 5.84. The second-order valence-electron chi connectivity index (χ2n) is 7.21. The molecule has 9 heteroatoms. The van der Waals surface area contributed by atoms with Crippen LogP contribution in [0.2, 0.25) is 0 Å². The first kappa shape index (κ1) is 22.3. The van der Waals surface area contributed by atoms with Gasteiger partial charge in [0.1, 0.15) is 5.82 Å². The number of benzene rings is 1. The molecule has 8 nitrogen and oxygen atoms in total. The standard InChI is InChI=1S/C22H28FN5O3/c1-3-24-22(26-9-8-25-20(29)17-7-6-16(2)18(23)15-17)28-12-10-27(11-13-28)21(30)19-5-4-14-31-19/h4-7,14-15H,3,8-13H2,1-2H3,(H,24,26)(H,25,29). The Labute approximate surface area is 181 Å². The molecule has 1 saturated heterocycles. The third-order valence-electron chi connectivity index (χ3n) is 5.03. The van der Waals surface area contributed by atoms with Gasteiger partial charge >= 0.3 is 0 Å². The molecule has 166 valence electrons. The quantitative estimate of drug-likeness (QED) is 0.416. The van der Waals surface area contributed by atoms with E-state index in [9.17, 15) is 14.0 Å². The largest absolute Gasteiger partial charge is 0.459 e. The van der Waals surface area contributed by atoms with Crippen molar-refractivity contribution in [3.63, 3.8) is 0 Å². The van der Waals surface area contributed by atoms with Gasteiger partial charge < -0.3 is 24.9 Å². The highest BCUT2D eigenvalue weighted by Crippen LogP contribution is 2.10. The average molecular weight is 429 g/mol. The topological polar surface area (TPSA) is 90.2 Å².